The molecule has 2 heterocycles. The van der Waals surface area contributed by atoms with Crippen molar-refractivity contribution in [1.82, 2.24) is 9.88 Å². The van der Waals surface area contributed by atoms with Crippen LogP contribution < -0.4 is 19.7 Å². The molecule has 0 unspecified atom stereocenters. The van der Waals surface area contributed by atoms with E-state index in [9.17, 15) is 4.79 Å². The van der Waals surface area contributed by atoms with Gasteiger partial charge in [0.1, 0.15) is 5.82 Å². The Kier molecular flexibility index (Phi) is 6.71. The van der Waals surface area contributed by atoms with E-state index in [1.807, 2.05) is 24.3 Å². The second-order valence-electron chi connectivity index (χ2n) is 6.74. The van der Waals surface area contributed by atoms with Gasteiger partial charge in [-0.25, -0.2) is 4.98 Å². The van der Waals surface area contributed by atoms with E-state index in [4.69, 9.17) is 9.47 Å². The first-order valence-corrected chi connectivity index (χ1v) is 9.57. The van der Waals surface area contributed by atoms with Crippen LogP contribution in [0.4, 0.5) is 11.5 Å². The van der Waals surface area contributed by atoms with Crippen molar-refractivity contribution < 1.29 is 14.3 Å². The number of anilines is 2. The highest BCUT2D eigenvalue weighted by molar-refractivity contribution is 5.92. The van der Waals surface area contributed by atoms with E-state index in [0.29, 0.717) is 17.2 Å². The lowest BCUT2D eigenvalue weighted by atomic mass is 10.1. The van der Waals surface area contributed by atoms with Crippen LogP contribution in [0.1, 0.15) is 12.5 Å². The summed E-state index contributed by atoms with van der Waals surface area (Å²) < 4.78 is 10.5. The van der Waals surface area contributed by atoms with Crippen LogP contribution in [0.5, 0.6) is 11.5 Å². The monoisotopic (exact) mass is 384 g/mol. The molecule has 1 aliphatic heterocycles. The van der Waals surface area contributed by atoms with E-state index in [0.717, 1.165) is 44.1 Å². The number of aromatic nitrogens is 1. The van der Waals surface area contributed by atoms with Crippen LogP contribution in [-0.2, 0) is 11.2 Å². The molecule has 7 nitrogen and oxygen atoms in total. The molecule has 1 aromatic heterocycles. The average Bonchev–Trinajstić information content (AvgIpc) is 2.74. The third-order valence-electron chi connectivity index (χ3n) is 4.99. The van der Waals surface area contributed by atoms with E-state index in [1.54, 1.807) is 26.5 Å². The van der Waals surface area contributed by atoms with Crippen LogP contribution in [0.25, 0.3) is 0 Å². The Morgan fingerprint density at radius 2 is 1.82 bits per heavy atom. The summed E-state index contributed by atoms with van der Waals surface area (Å²) in [6.07, 6.45) is 1.97. The number of benzene rings is 1. The fraction of sp³-hybridized carbons (Fsp3) is 0.429. The number of rotatable bonds is 7. The molecule has 0 atom stereocenters. The fourth-order valence-electron chi connectivity index (χ4n) is 3.32. The Labute approximate surface area is 166 Å². The SMILES string of the molecule is CCN1CCN(c2ccc(NC(=O)Cc3ccc(OC)c(OC)c3)cn2)CC1. The molecule has 7 heteroatoms. The molecule has 1 fully saturated rings. The summed E-state index contributed by atoms with van der Waals surface area (Å²) in [5.41, 5.74) is 1.55. The zero-order chi connectivity index (χ0) is 19.9. The molecule has 28 heavy (non-hydrogen) atoms. The van der Waals surface area contributed by atoms with Crippen LogP contribution >= 0.6 is 0 Å². The van der Waals surface area contributed by atoms with Gasteiger partial charge >= 0.3 is 0 Å². The highest BCUT2D eigenvalue weighted by Gasteiger charge is 2.16. The summed E-state index contributed by atoms with van der Waals surface area (Å²) in [5.74, 6) is 2.11. The van der Waals surface area contributed by atoms with Crippen molar-refractivity contribution in [2.75, 3.05) is 57.2 Å². The number of nitrogens with zero attached hydrogens (tertiary/aromatic N) is 3. The standard InChI is InChI=1S/C21H28N4O3/c1-4-24-9-11-25(12-10-24)20-8-6-17(15-22-20)23-21(26)14-16-5-7-18(27-2)19(13-16)28-3/h5-8,13,15H,4,9-12,14H2,1-3H3,(H,23,26). The minimum Gasteiger partial charge on any atom is -0.493 e. The number of ether oxygens (including phenoxy) is 2. The van der Waals surface area contributed by atoms with Gasteiger partial charge in [-0.05, 0) is 36.4 Å². The van der Waals surface area contributed by atoms with Crippen molar-refractivity contribution in [3.63, 3.8) is 0 Å². The highest BCUT2D eigenvalue weighted by Crippen LogP contribution is 2.27. The van der Waals surface area contributed by atoms with Gasteiger partial charge in [-0.2, -0.15) is 0 Å². The molecular formula is C21H28N4O3. The highest BCUT2D eigenvalue weighted by atomic mass is 16.5. The minimum atomic E-state index is -0.0988. The van der Waals surface area contributed by atoms with Crippen LogP contribution in [0.3, 0.4) is 0 Å². The number of likely N-dealkylation sites (N-methyl/N-ethyl adjacent to an activating group) is 1. The van der Waals surface area contributed by atoms with E-state index in [1.165, 1.54) is 0 Å². The number of carbonyl (C=O) groups excluding carboxylic acids is 1. The molecule has 0 saturated carbocycles. The average molecular weight is 384 g/mol. The van der Waals surface area contributed by atoms with E-state index in [2.05, 4.69) is 27.0 Å². The molecule has 1 amide bonds. The summed E-state index contributed by atoms with van der Waals surface area (Å²) in [5, 5.41) is 2.90. The molecule has 0 spiro atoms. The van der Waals surface area contributed by atoms with Gasteiger partial charge in [0.15, 0.2) is 11.5 Å². The normalized spacial score (nSPS) is 14.6. The maximum absolute atomic E-state index is 12.4. The number of amides is 1. The number of carbonyl (C=O) groups is 1. The summed E-state index contributed by atoms with van der Waals surface area (Å²) in [6, 6.07) is 9.35. The zero-order valence-corrected chi connectivity index (χ0v) is 16.8. The van der Waals surface area contributed by atoms with Crippen LogP contribution in [0, 0.1) is 0 Å². The fourth-order valence-corrected chi connectivity index (χ4v) is 3.32. The number of methoxy groups -OCH3 is 2. The Morgan fingerprint density at radius 3 is 2.43 bits per heavy atom. The number of pyridine rings is 1. The smallest absolute Gasteiger partial charge is 0.228 e. The van der Waals surface area contributed by atoms with Gasteiger partial charge in [0.25, 0.3) is 0 Å². The Morgan fingerprint density at radius 1 is 1.07 bits per heavy atom. The molecule has 3 rings (SSSR count). The Bertz CT molecular complexity index is 787. The van der Waals surface area contributed by atoms with Gasteiger partial charge in [0.05, 0.1) is 32.5 Å². The van der Waals surface area contributed by atoms with Crippen molar-refractivity contribution in [2.45, 2.75) is 13.3 Å². The quantitative estimate of drug-likeness (QED) is 0.791. The second-order valence-corrected chi connectivity index (χ2v) is 6.74. The maximum Gasteiger partial charge on any atom is 0.228 e. The summed E-state index contributed by atoms with van der Waals surface area (Å²) >= 11 is 0. The molecule has 0 aliphatic carbocycles. The molecule has 2 aromatic rings. The first-order valence-electron chi connectivity index (χ1n) is 9.57. The zero-order valence-electron chi connectivity index (χ0n) is 16.8. The van der Waals surface area contributed by atoms with E-state index in [-0.39, 0.29) is 12.3 Å². The minimum absolute atomic E-state index is 0.0988. The number of hydrogen-bond acceptors (Lipinski definition) is 6. The first kappa shape index (κ1) is 19.9. The van der Waals surface area contributed by atoms with Crippen molar-refractivity contribution in [2.24, 2.45) is 0 Å². The summed E-state index contributed by atoms with van der Waals surface area (Å²) in [4.78, 5) is 21.6. The van der Waals surface area contributed by atoms with Crippen molar-refractivity contribution in [3.05, 3.63) is 42.1 Å². The van der Waals surface area contributed by atoms with Crippen LogP contribution in [0.2, 0.25) is 0 Å². The van der Waals surface area contributed by atoms with Crippen molar-refractivity contribution >= 4 is 17.4 Å². The largest absolute Gasteiger partial charge is 0.493 e. The topological polar surface area (TPSA) is 66.9 Å². The third-order valence-corrected chi connectivity index (χ3v) is 4.99. The van der Waals surface area contributed by atoms with Crippen LogP contribution in [0.15, 0.2) is 36.5 Å². The lowest BCUT2D eigenvalue weighted by Crippen LogP contribution is -2.46. The molecule has 150 valence electrons. The molecule has 1 N–H and O–H groups in total. The second kappa shape index (κ2) is 9.41. The number of hydrogen-bond donors (Lipinski definition) is 1. The summed E-state index contributed by atoms with van der Waals surface area (Å²) in [7, 11) is 3.17. The van der Waals surface area contributed by atoms with Gasteiger partial charge in [-0.3, -0.25) is 4.79 Å². The molecule has 1 aromatic carbocycles. The predicted molar refractivity (Wildman–Crippen MR) is 110 cm³/mol. The molecule has 1 aliphatic rings. The maximum atomic E-state index is 12.4. The molecule has 0 bridgehead atoms. The van der Waals surface area contributed by atoms with Gasteiger partial charge in [-0.1, -0.05) is 13.0 Å². The van der Waals surface area contributed by atoms with Gasteiger partial charge in [-0.15, -0.1) is 0 Å². The van der Waals surface area contributed by atoms with E-state index >= 15 is 0 Å². The lowest BCUT2D eigenvalue weighted by molar-refractivity contribution is -0.115. The third kappa shape index (κ3) is 4.92. The molecular weight excluding hydrogens is 356 g/mol. The molecule has 1 saturated heterocycles. The first-order chi connectivity index (χ1) is 13.6. The Balaban J connectivity index is 1.56. The van der Waals surface area contributed by atoms with Crippen LogP contribution in [-0.4, -0.2) is 62.7 Å². The van der Waals surface area contributed by atoms with Crippen molar-refractivity contribution in [3.8, 4) is 11.5 Å². The Hall–Kier alpha value is -2.80. The predicted octanol–water partition coefficient (Wildman–Crippen LogP) is 2.42. The van der Waals surface area contributed by atoms with Crippen molar-refractivity contribution in [1.29, 1.82) is 0 Å². The van der Waals surface area contributed by atoms with E-state index < -0.39 is 0 Å². The van der Waals surface area contributed by atoms with Gasteiger partial charge < -0.3 is 24.6 Å². The summed E-state index contributed by atoms with van der Waals surface area (Å²) in [6.45, 7) is 7.35. The number of nitrogens with one attached hydrogen (secondary N) is 1. The van der Waals surface area contributed by atoms with Gasteiger partial charge in [0.2, 0.25) is 5.91 Å². The molecule has 0 radical (unpaired) electrons. The number of piperazine rings is 1. The van der Waals surface area contributed by atoms with Gasteiger partial charge in [0, 0.05) is 26.2 Å². The lowest BCUT2D eigenvalue weighted by Gasteiger charge is -2.34.